The van der Waals surface area contributed by atoms with Crippen LogP contribution in [0.3, 0.4) is 0 Å². The molecule has 3 aromatic carbocycles. The molecule has 192 valence electrons. The SMILES string of the molecule is COc1ccc2[nH]c3c(c2c1)CCN(C(=O)CCCCCCl)[C@H]3c1ccc(OCc2ccccc2)cc1. The van der Waals surface area contributed by atoms with E-state index in [1.54, 1.807) is 7.11 Å². The van der Waals surface area contributed by atoms with Crippen LogP contribution in [0.25, 0.3) is 10.9 Å². The zero-order chi connectivity index (χ0) is 25.6. The lowest BCUT2D eigenvalue weighted by atomic mass is 9.91. The summed E-state index contributed by atoms with van der Waals surface area (Å²) < 4.78 is 11.5. The minimum absolute atomic E-state index is 0.175. The number of halogens is 1. The highest BCUT2D eigenvalue weighted by Crippen LogP contribution is 2.40. The summed E-state index contributed by atoms with van der Waals surface area (Å²) in [6.07, 6.45) is 4.12. The van der Waals surface area contributed by atoms with Gasteiger partial charge in [-0.15, -0.1) is 11.6 Å². The molecule has 0 fully saturated rings. The normalized spacial score (nSPS) is 15.0. The minimum Gasteiger partial charge on any atom is -0.497 e. The van der Waals surface area contributed by atoms with Gasteiger partial charge in [-0.25, -0.2) is 0 Å². The smallest absolute Gasteiger partial charge is 0.223 e. The fourth-order valence-corrected chi connectivity index (χ4v) is 5.38. The van der Waals surface area contributed by atoms with E-state index in [1.165, 1.54) is 5.56 Å². The topological polar surface area (TPSA) is 54.6 Å². The molecule has 0 unspecified atom stereocenters. The number of rotatable bonds is 10. The molecule has 1 aliphatic rings. The van der Waals surface area contributed by atoms with Gasteiger partial charge in [0.2, 0.25) is 5.91 Å². The van der Waals surface area contributed by atoms with Crippen LogP contribution in [0.1, 0.15) is 54.1 Å². The van der Waals surface area contributed by atoms with Gasteiger partial charge >= 0.3 is 0 Å². The van der Waals surface area contributed by atoms with Crippen molar-refractivity contribution in [3.8, 4) is 11.5 Å². The van der Waals surface area contributed by atoms with Crippen LogP contribution in [0.15, 0.2) is 72.8 Å². The Morgan fingerprint density at radius 1 is 1.00 bits per heavy atom. The molecular formula is C31H33ClN2O3. The fraction of sp³-hybridized carbons (Fsp3) is 0.323. The zero-order valence-corrected chi connectivity index (χ0v) is 22.0. The first-order valence-corrected chi connectivity index (χ1v) is 13.5. The first-order valence-electron chi connectivity index (χ1n) is 13.0. The van der Waals surface area contributed by atoms with Crippen LogP contribution >= 0.6 is 11.6 Å². The highest BCUT2D eigenvalue weighted by Gasteiger charge is 2.34. The molecule has 0 spiro atoms. The molecule has 1 N–H and O–H groups in total. The molecule has 0 bridgehead atoms. The van der Waals surface area contributed by atoms with E-state index in [0.29, 0.717) is 25.5 Å². The number of carbonyl (C=O) groups excluding carboxylic acids is 1. The van der Waals surface area contributed by atoms with Gasteiger partial charge in [0.25, 0.3) is 0 Å². The van der Waals surface area contributed by atoms with E-state index in [1.807, 2.05) is 41.3 Å². The van der Waals surface area contributed by atoms with Crippen LogP contribution < -0.4 is 9.47 Å². The molecule has 5 rings (SSSR count). The second kappa shape index (κ2) is 11.7. The number of hydrogen-bond donors (Lipinski definition) is 1. The summed E-state index contributed by atoms with van der Waals surface area (Å²) in [6, 6.07) is 24.3. The second-order valence-corrected chi connectivity index (χ2v) is 9.89. The molecule has 1 amide bonds. The Bertz CT molecular complexity index is 1330. The van der Waals surface area contributed by atoms with Crippen molar-refractivity contribution < 1.29 is 14.3 Å². The van der Waals surface area contributed by atoms with E-state index in [-0.39, 0.29) is 11.9 Å². The predicted octanol–water partition coefficient (Wildman–Crippen LogP) is 7.03. The van der Waals surface area contributed by atoms with E-state index in [0.717, 1.165) is 64.9 Å². The van der Waals surface area contributed by atoms with Crippen LogP contribution in [0.5, 0.6) is 11.5 Å². The van der Waals surface area contributed by atoms with E-state index in [2.05, 4.69) is 41.4 Å². The van der Waals surface area contributed by atoms with Gasteiger partial charge in [0.05, 0.1) is 13.2 Å². The molecule has 1 aliphatic heterocycles. The summed E-state index contributed by atoms with van der Waals surface area (Å²) in [4.78, 5) is 19.1. The maximum Gasteiger partial charge on any atom is 0.223 e. The van der Waals surface area contributed by atoms with Gasteiger partial charge in [0, 0.05) is 35.4 Å². The number of hydrogen-bond acceptors (Lipinski definition) is 3. The molecule has 5 nitrogen and oxygen atoms in total. The monoisotopic (exact) mass is 516 g/mol. The quantitative estimate of drug-likeness (QED) is 0.182. The predicted molar refractivity (Wildman–Crippen MR) is 149 cm³/mol. The molecule has 1 aromatic heterocycles. The number of carbonyl (C=O) groups is 1. The number of nitrogens with zero attached hydrogens (tertiary/aromatic N) is 1. The summed E-state index contributed by atoms with van der Waals surface area (Å²) in [6.45, 7) is 1.20. The Balaban J connectivity index is 1.44. The van der Waals surface area contributed by atoms with Crippen LogP contribution in [-0.4, -0.2) is 35.3 Å². The van der Waals surface area contributed by atoms with Gasteiger partial charge in [-0.05, 0) is 66.3 Å². The van der Waals surface area contributed by atoms with Crippen molar-refractivity contribution in [2.75, 3.05) is 19.5 Å². The molecule has 0 saturated carbocycles. The van der Waals surface area contributed by atoms with E-state index in [9.17, 15) is 4.79 Å². The van der Waals surface area contributed by atoms with E-state index >= 15 is 0 Å². The van der Waals surface area contributed by atoms with Crippen LogP contribution in [0, 0.1) is 0 Å². The van der Waals surface area contributed by atoms with Gasteiger partial charge in [0.1, 0.15) is 18.1 Å². The van der Waals surface area contributed by atoms with Crippen molar-refractivity contribution in [3.63, 3.8) is 0 Å². The van der Waals surface area contributed by atoms with E-state index < -0.39 is 0 Å². The number of ether oxygens (including phenoxy) is 2. The molecule has 0 radical (unpaired) electrons. The largest absolute Gasteiger partial charge is 0.497 e. The molecule has 0 aliphatic carbocycles. The van der Waals surface area contributed by atoms with Crippen molar-refractivity contribution in [1.29, 1.82) is 0 Å². The number of nitrogens with one attached hydrogen (secondary N) is 1. The molecule has 2 heterocycles. The Hall–Kier alpha value is -3.44. The highest BCUT2D eigenvalue weighted by atomic mass is 35.5. The Labute approximate surface area is 223 Å². The zero-order valence-electron chi connectivity index (χ0n) is 21.2. The van der Waals surface area contributed by atoms with Crippen LogP contribution in [0.4, 0.5) is 0 Å². The van der Waals surface area contributed by atoms with Crippen molar-refractivity contribution in [3.05, 3.63) is 95.2 Å². The van der Waals surface area contributed by atoms with Gasteiger partial charge in [-0.2, -0.15) is 0 Å². The molecule has 37 heavy (non-hydrogen) atoms. The maximum atomic E-state index is 13.4. The second-order valence-electron chi connectivity index (χ2n) is 9.51. The highest BCUT2D eigenvalue weighted by molar-refractivity contribution is 6.17. The summed E-state index contributed by atoms with van der Waals surface area (Å²) in [5, 5.41) is 1.16. The lowest BCUT2D eigenvalue weighted by Gasteiger charge is -2.36. The van der Waals surface area contributed by atoms with Gasteiger partial charge < -0.3 is 19.4 Å². The Kier molecular flexibility index (Phi) is 8.00. The maximum absolute atomic E-state index is 13.4. The summed E-state index contributed by atoms with van der Waals surface area (Å²) in [5.41, 5.74) is 5.61. The van der Waals surface area contributed by atoms with Gasteiger partial charge in [0.15, 0.2) is 0 Å². The standard InChI is InChI=1S/C31H33ClN2O3/c1-36-25-15-16-28-27(20-25)26-17-19-34(29(35)10-6-3-7-18-32)31(30(26)33-28)23-11-13-24(14-12-23)37-21-22-8-4-2-5-9-22/h2,4-5,8-9,11-16,20,31,33H,3,6-7,10,17-19,21H2,1H3/t31-/m0/s1. The number of aromatic nitrogens is 1. The van der Waals surface area contributed by atoms with Crippen molar-refractivity contribution in [2.45, 2.75) is 44.8 Å². The number of alkyl halides is 1. The van der Waals surface area contributed by atoms with Crippen molar-refractivity contribution >= 4 is 28.4 Å². The number of H-pyrrole nitrogens is 1. The van der Waals surface area contributed by atoms with Crippen LogP contribution in [-0.2, 0) is 17.8 Å². The van der Waals surface area contributed by atoms with Crippen LogP contribution in [0.2, 0.25) is 0 Å². The number of amides is 1. The Morgan fingerprint density at radius 3 is 2.54 bits per heavy atom. The van der Waals surface area contributed by atoms with Crippen molar-refractivity contribution in [1.82, 2.24) is 9.88 Å². The third-order valence-electron chi connectivity index (χ3n) is 7.12. The number of benzene rings is 3. The molecule has 1 atom stereocenters. The Morgan fingerprint density at radius 2 is 1.78 bits per heavy atom. The lowest BCUT2D eigenvalue weighted by molar-refractivity contribution is -0.133. The first-order chi connectivity index (χ1) is 18.2. The number of unbranched alkanes of at least 4 members (excludes halogenated alkanes) is 2. The third-order valence-corrected chi connectivity index (χ3v) is 7.39. The summed E-state index contributed by atoms with van der Waals surface area (Å²) in [7, 11) is 1.69. The summed E-state index contributed by atoms with van der Waals surface area (Å²) >= 11 is 5.84. The molecule has 0 saturated heterocycles. The fourth-order valence-electron chi connectivity index (χ4n) is 5.19. The summed E-state index contributed by atoms with van der Waals surface area (Å²) in [5.74, 6) is 2.47. The average molecular weight is 517 g/mol. The molecule has 6 heteroatoms. The van der Waals surface area contributed by atoms with Gasteiger partial charge in [-0.3, -0.25) is 4.79 Å². The van der Waals surface area contributed by atoms with Gasteiger partial charge in [-0.1, -0.05) is 48.9 Å². The first kappa shape index (κ1) is 25.2. The van der Waals surface area contributed by atoms with Crippen molar-refractivity contribution in [2.24, 2.45) is 0 Å². The number of methoxy groups -OCH3 is 1. The number of fused-ring (bicyclic) bond motifs is 3. The van der Waals surface area contributed by atoms with E-state index in [4.69, 9.17) is 21.1 Å². The lowest BCUT2D eigenvalue weighted by Crippen LogP contribution is -2.40. The third kappa shape index (κ3) is 5.62. The average Bonchev–Trinajstić information content (AvgIpc) is 3.32. The molecular weight excluding hydrogens is 484 g/mol. The number of aromatic amines is 1. The minimum atomic E-state index is -0.175. The molecule has 4 aromatic rings.